The molecular weight excluding hydrogens is 234 g/mol. The zero-order valence-electron chi connectivity index (χ0n) is 10.8. The Kier molecular flexibility index (Phi) is 3.23. The molecular formula is C17H17NO. The Bertz CT molecular complexity index is 651. The molecule has 0 bridgehead atoms. The third-order valence-electron chi connectivity index (χ3n) is 3.47. The molecule has 3 aromatic rings. The summed E-state index contributed by atoms with van der Waals surface area (Å²) in [5, 5.41) is 11.0. The Morgan fingerprint density at radius 2 is 1.68 bits per heavy atom. The van der Waals surface area contributed by atoms with E-state index in [4.69, 9.17) is 0 Å². The van der Waals surface area contributed by atoms with E-state index in [0.717, 1.165) is 24.8 Å². The molecule has 0 unspecified atom stereocenters. The van der Waals surface area contributed by atoms with Gasteiger partial charge < -0.3 is 10.1 Å². The van der Waals surface area contributed by atoms with E-state index in [9.17, 15) is 5.11 Å². The first kappa shape index (κ1) is 11.8. The number of aromatic hydroxyl groups is 1. The highest BCUT2D eigenvalue weighted by Crippen LogP contribution is 2.20. The molecule has 96 valence electrons. The third kappa shape index (κ3) is 2.63. The average molecular weight is 251 g/mol. The van der Waals surface area contributed by atoms with Crippen LogP contribution in [0.4, 0.5) is 0 Å². The summed E-state index contributed by atoms with van der Waals surface area (Å²) in [6.07, 6.45) is 2.94. The van der Waals surface area contributed by atoms with Crippen molar-refractivity contribution in [2.45, 2.75) is 19.3 Å². The molecule has 0 atom stereocenters. The summed E-state index contributed by atoms with van der Waals surface area (Å²) in [5.74, 6) is 0.402. The molecule has 0 radical (unpaired) electrons. The summed E-state index contributed by atoms with van der Waals surface area (Å²) in [6.45, 7) is 0. The first-order valence-electron chi connectivity index (χ1n) is 6.66. The quantitative estimate of drug-likeness (QED) is 0.721. The van der Waals surface area contributed by atoms with E-state index < -0.39 is 0 Å². The minimum atomic E-state index is 0.402. The number of rotatable bonds is 4. The Morgan fingerprint density at radius 3 is 2.53 bits per heavy atom. The van der Waals surface area contributed by atoms with Crippen molar-refractivity contribution in [3.63, 3.8) is 0 Å². The van der Waals surface area contributed by atoms with Gasteiger partial charge in [-0.25, -0.2) is 0 Å². The van der Waals surface area contributed by atoms with Gasteiger partial charge in [-0.15, -0.1) is 0 Å². The maximum absolute atomic E-state index is 9.71. The summed E-state index contributed by atoms with van der Waals surface area (Å²) >= 11 is 0. The number of nitrogens with one attached hydrogen (secondary N) is 1. The number of benzene rings is 2. The van der Waals surface area contributed by atoms with E-state index in [1.807, 2.05) is 24.3 Å². The van der Waals surface area contributed by atoms with Gasteiger partial charge in [-0.2, -0.15) is 0 Å². The largest absolute Gasteiger partial charge is 0.508 e. The van der Waals surface area contributed by atoms with Crippen molar-refractivity contribution in [1.29, 1.82) is 0 Å². The minimum Gasteiger partial charge on any atom is -0.508 e. The minimum absolute atomic E-state index is 0.402. The van der Waals surface area contributed by atoms with Crippen molar-refractivity contribution in [2.24, 2.45) is 0 Å². The summed E-state index contributed by atoms with van der Waals surface area (Å²) in [4.78, 5) is 3.43. The van der Waals surface area contributed by atoms with Crippen molar-refractivity contribution in [2.75, 3.05) is 0 Å². The number of para-hydroxylation sites is 2. The van der Waals surface area contributed by atoms with E-state index >= 15 is 0 Å². The first-order chi connectivity index (χ1) is 9.33. The molecule has 2 nitrogen and oxygen atoms in total. The van der Waals surface area contributed by atoms with Crippen molar-refractivity contribution >= 4 is 10.9 Å². The summed E-state index contributed by atoms with van der Waals surface area (Å²) in [7, 11) is 0. The van der Waals surface area contributed by atoms with Crippen molar-refractivity contribution in [1.82, 2.24) is 4.98 Å². The number of fused-ring (bicyclic) bond motifs is 1. The Balaban J connectivity index is 1.65. The van der Waals surface area contributed by atoms with Crippen molar-refractivity contribution in [3.8, 4) is 5.75 Å². The number of hydrogen-bond acceptors (Lipinski definition) is 1. The molecule has 1 aromatic heterocycles. The van der Waals surface area contributed by atoms with Crippen LogP contribution in [0.25, 0.3) is 10.9 Å². The summed E-state index contributed by atoms with van der Waals surface area (Å²) < 4.78 is 0. The number of phenolic OH excluding ortho intramolecular Hbond substituents is 1. The highest BCUT2D eigenvalue weighted by Gasteiger charge is 2.02. The Hall–Kier alpha value is -2.22. The number of H-pyrrole nitrogens is 1. The van der Waals surface area contributed by atoms with Gasteiger partial charge in [0.1, 0.15) is 5.75 Å². The lowest BCUT2D eigenvalue weighted by molar-refractivity contribution is 0.467. The first-order valence-corrected chi connectivity index (χ1v) is 6.66. The van der Waals surface area contributed by atoms with Crippen LogP contribution in [0, 0.1) is 0 Å². The third-order valence-corrected chi connectivity index (χ3v) is 3.47. The molecule has 0 aliphatic rings. The van der Waals surface area contributed by atoms with E-state index in [0.29, 0.717) is 5.75 Å². The smallest absolute Gasteiger partial charge is 0.118 e. The second-order valence-electron chi connectivity index (χ2n) is 4.86. The molecule has 0 fully saturated rings. The van der Waals surface area contributed by atoms with Gasteiger partial charge in [0.2, 0.25) is 0 Å². The van der Waals surface area contributed by atoms with Crippen molar-refractivity contribution in [3.05, 3.63) is 65.9 Å². The van der Waals surface area contributed by atoms with E-state index in [1.54, 1.807) is 6.07 Å². The van der Waals surface area contributed by atoms with Crippen molar-refractivity contribution < 1.29 is 5.11 Å². The number of phenols is 1. The van der Waals surface area contributed by atoms with E-state index in [2.05, 4.69) is 29.2 Å². The highest BCUT2D eigenvalue weighted by atomic mass is 16.3. The summed E-state index contributed by atoms with van der Waals surface area (Å²) in [5.41, 5.74) is 3.48. The molecule has 0 saturated heterocycles. The fraction of sp³-hybridized carbons (Fsp3) is 0.176. The van der Waals surface area contributed by atoms with Crippen LogP contribution in [0.1, 0.15) is 17.7 Å². The fourth-order valence-electron chi connectivity index (χ4n) is 2.46. The highest BCUT2D eigenvalue weighted by molar-refractivity contribution is 5.80. The molecule has 1 heterocycles. The zero-order valence-corrected chi connectivity index (χ0v) is 10.8. The number of hydrogen-bond donors (Lipinski definition) is 2. The Morgan fingerprint density at radius 1 is 0.895 bits per heavy atom. The molecule has 2 N–H and O–H groups in total. The Labute approximate surface area is 112 Å². The van der Waals surface area contributed by atoms with Crippen LogP contribution >= 0.6 is 0 Å². The number of aromatic nitrogens is 1. The standard InChI is InChI=1S/C17H17NO/c19-17-11-4-2-6-13(17)8-5-9-15-12-14-7-1-3-10-16(14)18-15/h1-4,6-7,10-12,18-19H,5,8-9H2. The van der Waals surface area contributed by atoms with E-state index in [-0.39, 0.29) is 0 Å². The molecule has 2 aromatic carbocycles. The monoisotopic (exact) mass is 251 g/mol. The normalized spacial score (nSPS) is 10.9. The van der Waals surface area contributed by atoms with Crippen LogP contribution in [-0.2, 0) is 12.8 Å². The zero-order chi connectivity index (χ0) is 13.1. The van der Waals surface area contributed by atoms with Crippen LogP contribution in [0.3, 0.4) is 0 Å². The van der Waals surface area contributed by atoms with Crippen LogP contribution in [-0.4, -0.2) is 10.1 Å². The van der Waals surface area contributed by atoms with Crippen LogP contribution in [0.2, 0.25) is 0 Å². The summed E-state index contributed by atoms with van der Waals surface area (Å²) in [6, 6.07) is 18.1. The van der Waals surface area contributed by atoms with Gasteiger partial charge in [0.05, 0.1) is 0 Å². The maximum Gasteiger partial charge on any atom is 0.118 e. The van der Waals surface area contributed by atoms with Gasteiger partial charge in [-0.3, -0.25) is 0 Å². The topological polar surface area (TPSA) is 36.0 Å². The number of aromatic amines is 1. The lowest BCUT2D eigenvalue weighted by Crippen LogP contribution is -1.90. The van der Waals surface area contributed by atoms with Gasteiger partial charge in [0, 0.05) is 11.2 Å². The predicted octanol–water partition coefficient (Wildman–Crippen LogP) is 4.05. The lowest BCUT2D eigenvalue weighted by atomic mass is 10.1. The predicted molar refractivity (Wildman–Crippen MR) is 78.4 cm³/mol. The lowest BCUT2D eigenvalue weighted by Gasteiger charge is -2.03. The number of aryl methyl sites for hydroxylation is 2. The molecule has 0 amide bonds. The second kappa shape index (κ2) is 5.19. The molecule has 0 aliphatic carbocycles. The van der Waals surface area contributed by atoms with E-state index in [1.165, 1.54) is 16.6 Å². The average Bonchev–Trinajstić information content (AvgIpc) is 2.83. The second-order valence-corrected chi connectivity index (χ2v) is 4.86. The molecule has 0 aliphatic heterocycles. The van der Waals surface area contributed by atoms with Gasteiger partial charge in [0.25, 0.3) is 0 Å². The molecule has 0 spiro atoms. The molecule has 19 heavy (non-hydrogen) atoms. The van der Waals surface area contributed by atoms with Gasteiger partial charge in [0.15, 0.2) is 0 Å². The fourth-order valence-corrected chi connectivity index (χ4v) is 2.46. The van der Waals surface area contributed by atoms with Gasteiger partial charge in [-0.1, -0.05) is 36.4 Å². The van der Waals surface area contributed by atoms with Gasteiger partial charge in [-0.05, 0) is 48.4 Å². The molecule has 0 saturated carbocycles. The maximum atomic E-state index is 9.71. The molecule has 2 heteroatoms. The van der Waals surface area contributed by atoms with Crippen LogP contribution in [0.5, 0.6) is 5.75 Å². The van der Waals surface area contributed by atoms with Gasteiger partial charge >= 0.3 is 0 Å². The SMILES string of the molecule is Oc1ccccc1CCCc1cc2ccccc2[nH]1. The van der Waals surface area contributed by atoms with Crippen LogP contribution < -0.4 is 0 Å². The molecule has 3 rings (SSSR count). The van der Waals surface area contributed by atoms with Crippen LogP contribution in [0.15, 0.2) is 54.6 Å².